The molecule has 0 aromatic heterocycles. The Hall–Kier alpha value is -1.42. The summed E-state index contributed by atoms with van der Waals surface area (Å²) in [7, 11) is 1.71. The fraction of sp³-hybridized carbons (Fsp3) is 0.333. The smallest absolute Gasteiger partial charge is 0.191 e. The van der Waals surface area contributed by atoms with Crippen LogP contribution >= 0.6 is 0 Å². The first-order valence-corrected chi connectivity index (χ1v) is 5.05. The van der Waals surface area contributed by atoms with Gasteiger partial charge in [-0.15, -0.1) is 0 Å². The molecule has 0 heterocycles. The molecule has 0 atom stereocenters. The molecule has 0 saturated heterocycles. The molecule has 1 rings (SSSR count). The average Bonchev–Trinajstić information content (AvgIpc) is 2.23. The molecule has 1 aromatic rings. The van der Waals surface area contributed by atoms with Crippen molar-refractivity contribution < 1.29 is 13.5 Å². The van der Waals surface area contributed by atoms with E-state index in [0.717, 1.165) is 0 Å². The van der Waals surface area contributed by atoms with Crippen LogP contribution in [0.5, 0.6) is 5.75 Å². The normalized spacial score (nSPS) is 11.0. The van der Waals surface area contributed by atoms with Crippen molar-refractivity contribution in [3.05, 3.63) is 41.5 Å². The summed E-state index contributed by atoms with van der Waals surface area (Å²) in [5.74, 6) is -1.66. The van der Waals surface area contributed by atoms with E-state index in [1.807, 2.05) is 6.92 Å². The summed E-state index contributed by atoms with van der Waals surface area (Å²) < 4.78 is 31.9. The Morgan fingerprint density at radius 1 is 1.31 bits per heavy atom. The predicted octanol–water partition coefficient (Wildman–Crippen LogP) is 2.64. The second-order valence-electron chi connectivity index (χ2n) is 3.30. The maximum absolute atomic E-state index is 13.4. The monoisotopic (exact) mass is 227 g/mol. The lowest BCUT2D eigenvalue weighted by Gasteiger charge is -2.08. The van der Waals surface area contributed by atoms with Gasteiger partial charge in [0.05, 0.1) is 0 Å². The van der Waals surface area contributed by atoms with E-state index in [0.29, 0.717) is 12.1 Å². The lowest BCUT2D eigenvalue weighted by atomic mass is 10.2. The molecular weight excluding hydrogens is 212 g/mol. The molecule has 0 aliphatic rings. The maximum atomic E-state index is 13.4. The first-order valence-electron chi connectivity index (χ1n) is 5.05. The van der Waals surface area contributed by atoms with E-state index < -0.39 is 11.6 Å². The van der Waals surface area contributed by atoms with Gasteiger partial charge in [0.25, 0.3) is 0 Å². The van der Waals surface area contributed by atoms with Gasteiger partial charge in [0.2, 0.25) is 0 Å². The molecule has 0 radical (unpaired) electrons. The van der Waals surface area contributed by atoms with Crippen LogP contribution in [0.2, 0.25) is 0 Å². The highest BCUT2D eigenvalue weighted by molar-refractivity contribution is 5.31. The Labute approximate surface area is 93.9 Å². The average molecular weight is 227 g/mol. The molecule has 16 heavy (non-hydrogen) atoms. The molecule has 1 N–H and O–H groups in total. The molecule has 4 heteroatoms. The van der Waals surface area contributed by atoms with Crippen LogP contribution in [0.25, 0.3) is 0 Å². The Bertz CT molecular complexity index is 354. The minimum atomic E-state index is -0.672. The zero-order valence-corrected chi connectivity index (χ0v) is 9.39. The number of allylic oxidation sites excluding steroid dienone is 1. The van der Waals surface area contributed by atoms with Gasteiger partial charge in [0.15, 0.2) is 17.4 Å². The van der Waals surface area contributed by atoms with Crippen molar-refractivity contribution in [3.8, 4) is 5.75 Å². The van der Waals surface area contributed by atoms with Gasteiger partial charge in [0.1, 0.15) is 6.61 Å². The van der Waals surface area contributed by atoms with Gasteiger partial charge in [-0.3, -0.25) is 0 Å². The van der Waals surface area contributed by atoms with Gasteiger partial charge in [0, 0.05) is 6.54 Å². The number of hydrogen-bond acceptors (Lipinski definition) is 2. The Morgan fingerprint density at radius 2 is 1.94 bits per heavy atom. The summed E-state index contributed by atoms with van der Waals surface area (Å²) in [4.78, 5) is 0. The van der Waals surface area contributed by atoms with E-state index in [1.165, 1.54) is 12.1 Å². The first-order chi connectivity index (χ1) is 7.69. The van der Waals surface area contributed by atoms with E-state index in [-0.39, 0.29) is 12.4 Å². The zero-order valence-electron chi connectivity index (χ0n) is 9.39. The third-order valence-corrected chi connectivity index (χ3v) is 2.00. The molecule has 0 amide bonds. The molecule has 0 bridgehead atoms. The van der Waals surface area contributed by atoms with Crippen LogP contribution < -0.4 is 10.1 Å². The Balaban J connectivity index is 2.84. The molecule has 0 aliphatic carbocycles. The fourth-order valence-electron chi connectivity index (χ4n) is 1.28. The highest BCUT2D eigenvalue weighted by Crippen LogP contribution is 2.23. The van der Waals surface area contributed by atoms with Crippen molar-refractivity contribution in [2.45, 2.75) is 13.5 Å². The predicted molar refractivity (Wildman–Crippen MR) is 59.4 cm³/mol. The highest BCUT2D eigenvalue weighted by atomic mass is 19.1. The van der Waals surface area contributed by atoms with Crippen LogP contribution in [0.3, 0.4) is 0 Å². The SMILES string of the molecule is CC=CCOc1c(F)cc(CNC)cc1F. The van der Waals surface area contributed by atoms with Gasteiger partial charge in [-0.2, -0.15) is 0 Å². The number of benzene rings is 1. The Morgan fingerprint density at radius 3 is 2.44 bits per heavy atom. The maximum Gasteiger partial charge on any atom is 0.191 e. The second kappa shape index (κ2) is 6.23. The molecule has 2 nitrogen and oxygen atoms in total. The van der Waals surface area contributed by atoms with Crippen LogP contribution in [0, 0.1) is 11.6 Å². The lowest BCUT2D eigenvalue weighted by Crippen LogP contribution is -2.07. The molecule has 0 fully saturated rings. The highest BCUT2D eigenvalue weighted by Gasteiger charge is 2.11. The van der Waals surface area contributed by atoms with Crippen LogP contribution in [-0.4, -0.2) is 13.7 Å². The van der Waals surface area contributed by atoms with E-state index in [1.54, 1.807) is 19.2 Å². The third-order valence-electron chi connectivity index (χ3n) is 2.00. The number of nitrogens with one attached hydrogen (secondary N) is 1. The topological polar surface area (TPSA) is 21.3 Å². The van der Waals surface area contributed by atoms with Crippen molar-refractivity contribution in [3.63, 3.8) is 0 Å². The summed E-state index contributed by atoms with van der Waals surface area (Å²) >= 11 is 0. The van der Waals surface area contributed by atoms with Crippen LogP contribution in [-0.2, 0) is 6.54 Å². The third kappa shape index (κ3) is 3.31. The van der Waals surface area contributed by atoms with Crippen LogP contribution in [0.1, 0.15) is 12.5 Å². The summed E-state index contributed by atoms with van der Waals surface area (Å²) in [6.45, 7) is 2.39. The molecule has 0 spiro atoms. The van der Waals surface area contributed by atoms with Crippen molar-refractivity contribution in [1.82, 2.24) is 5.32 Å². The van der Waals surface area contributed by atoms with Crippen molar-refractivity contribution in [2.24, 2.45) is 0 Å². The molecule has 0 aliphatic heterocycles. The van der Waals surface area contributed by atoms with Crippen molar-refractivity contribution in [2.75, 3.05) is 13.7 Å². The fourth-order valence-corrected chi connectivity index (χ4v) is 1.28. The number of ether oxygens (including phenoxy) is 1. The summed E-state index contributed by atoms with van der Waals surface area (Å²) in [5, 5.41) is 2.82. The molecular formula is C12H15F2NO. The van der Waals surface area contributed by atoms with E-state index in [9.17, 15) is 8.78 Å². The number of hydrogen-bond donors (Lipinski definition) is 1. The van der Waals surface area contributed by atoms with E-state index in [2.05, 4.69) is 5.32 Å². The van der Waals surface area contributed by atoms with Crippen molar-refractivity contribution in [1.29, 1.82) is 0 Å². The van der Waals surface area contributed by atoms with E-state index in [4.69, 9.17) is 4.74 Å². The van der Waals surface area contributed by atoms with Gasteiger partial charge < -0.3 is 10.1 Å². The van der Waals surface area contributed by atoms with Crippen molar-refractivity contribution >= 4 is 0 Å². The summed E-state index contributed by atoms with van der Waals surface area (Å²) in [5.41, 5.74) is 0.552. The first kappa shape index (κ1) is 12.6. The molecule has 1 aromatic carbocycles. The minimum absolute atomic E-state index is 0.162. The Kier molecular flexibility index (Phi) is 4.92. The standard InChI is InChI=1S/C12H15F2NO/c1-3-4-5-16-12-10(13)6-9(8-15-2)7-11(12)14/h3-4,6-7,15H,5,8H2,1-2H3. The minimum Gasteiger partial charge on any atom is -0.483 e. The summed E-state index contributed by atoms with van der Waals surface area (Å²) in [6.07, 6.45) is 3.44. The second-order valence-corrected chi connectivity index (χ2v) is 3.30. The molecule has 0 saturated carbocycles. The number of rotatable bonds is 5. The van der Waals surface area contributed by atoms with Gasteiger partial charge >= 0.3 is 0 Å². The van der Waals surface area contributed by atoms with Gasteiger partial charge in [-0.25, -0.2) is 8.78 Å². The molecule has 0 unspecified atom stereocenters. The molecule has 88 valence electrons. The summed E-state index contributed by atoms with van der Waals surface area (Å²) in [6, 6.07) is 2.54. The zero-order chi connectivity index (χ0) is 12.0. The van der Waals surface area contributed by atoms with Gasteiger partial charge in [-0.05, 0) is 31.7 Å². The van der Waals surface area contributed by atoms with Gasteiger partial charge in [-0.1, -0.05) is 12.2 Å². The van der Waals surface area contributed by atoms with Crippen LogP contribution in [0.15, 0.2) is 24.3 Å². The quantitative estimate of drug-likeness (QED) is 0.781. The van der Waals surface area contributed by atoms with E-state index >= 15 is 0 Å². The lowest BCUT2D eigenvalue weighted by molar-refractivity contribution is 0.320. The largest absolute Gasteiger partial charge is 0.483 e. The van der Waals surface area contributed by atoms with Crippen LogP contribution in [0.4, 0.5) is 8.78 Å². The number of halogens is 2.